The molecule has 0 spiro atoms. The average Bonchev–Trinajstić information content (AvgIpc) is 2.34. The number of hydrogen-bond donors (Lipinski definition) is 1. The number of anilines is 1. The topological polar surface area (TPSA) is 38.3 Å². The normalized spacial score (nSPS) is 9.56. The lowest BCUT2D eigenvalue weighted by molar-refractivity contribution is -0.140. The minimum absolute atomic E-state index is 0.172. The summed E-state index contributed by atoms with van der Waals surface area (Å²) in [5.74, 6) is -0.172. The zero-order valence-electron chi connectivity index (χ0n) is 9.53. The summed E-state index contributed by atoms with van der Waals surface area (Å²) < 4.78 is 4.59. The summed E-state index contributed by atoms with van der Waals surface area (Å²) in [5.41, 5.74) is 2.19. The zero-order chi connectivity index (χ0) is 11.8. The van der Waals surface area contributed by atoms with E-state index in [2.05, 4.69) is 16.6 Å². The van der Waals surface area contributed by atoms with Gasteiger partial charge in [-0.05, 0) is 24.1 Å². The first-order valence-corrected chi connectivity index (χ1v) is 5.27. The molecule has 0 aliphatic carbocycles. The lowest BCUT2D eigenvalue weighted by Crippen LogP contribution is -2.02. The fourth-order valence-electron chi connectivity index (χ4n) is 1.33. The van der Waals surface area contributed by atoms with Crippen LogP contribution in [0.1, 0.15) is 12.0 Å². The monoisotopic (exact) mass is 219 g/mol. The number of carbonyl (C=O) groups excluding carboxylic acids is 1. The molecule has 1 N–H and O–H groups in total. The van der Waals surface area contributed by atoms with Gasteiger partial charge in [0.1, 0.15) is 0 Å². The number of carbonyl (C=O) groups is 1. The van der Waals surface area contributed by atoms with E-state index in [1.165, 1.54) is 7.11 Å². The first kappa shape index (κ1) is 12.3. The highest BCUT2D eigenvalue weighted by Gasteiger charge is 2.01. The Hall–Kier alpha value is -1.77. The van der Waals surface area contributed by atoms with Crippen molar-refractivity contribution in [3.05, 3.63) is 42.5 Å². The summed E-state index contributed by atoms with van der Waals surface area (Å²) in [6.07, 6.45) is 2.95. The van der Waals surface area contributed by atoms with Gasteiger partial charge in [-0.2, -0.15) is 0 Å². The number of hydrogen-bond acceptors (Lipinski definition) is 3. The van der Waals surface area contributed by atoms with Crippen LogP contribution in [-0.4, -0.2) is 19.6 Å². The molecule has 1 rings (SSSR count). The Balaban J connectivity index is 2.44. The SMILES string of the molecule is C=CCNc1ccc(CCC(=O)OC)cc1. The Morgan fingerprint density at radius 2 is 2.12 bits per heavy atom. The molecule has 0 aromatic heterocycles. The standard InChI is InChI=1S/C13H17NO2/c1-3-10-14-12-7-4-11(5-8-12)6-9-13(15)16-2/h3-5,7-8,14H,1,6,9-10H2,2H3. The molecule has 0 heterocycles. The third-order valence-corrected chi connectivity index (χ3v) is 2.25. The third-order valence-electron chi connectivity index (χ3n) is 2.25. The highest BCUT2D eigenvalue weighted by molar-refractivity contribution is 5.69. The van der Waals surface area contributed by atoms with E-state index in [4.69, 9.17) is 0 Å². The molecule has 0 amide bonds. The van der Waals surface area contributed by atoms with Crippen molar-refractivity contribution in [1.82, 2.24) is 0 Å². The van der Waals surface area contributed by atoms with Gasteiger partial charge in [-0.1, -0.05) is 18.2 Å². The van der Waals surface area contributed by atoms with Crippen LogP contribution in [0.2, 0.25) is 0 Å². The highest BCUT2D eigenvalue weighted by Crippen LogP contribution is 2.11. The zero-order valence-corrected chi connectivity index (χ0v) is 9.53. The van der Waals surface area contributed by atoms with Gasteiger partial charge in [-0.25, -0.2) is 0 Å². The second kappa shape index (κ2) is 6.67. The van der Waals surface area contributed by atoms with Crippen molar-refractivity contribution < 1.29 is 9.53 Å². The Bertz CT molecular complexity index is 343. The quantitative estimate of drug-likeness (QED) is 0.589. The lowest BCUT2D eigenvalue weighted by atomic mass is 10.1. The number of aryl methyl sites for hydroxylation is 1. The van der Waals surface area contributed by atoms with Gasteiger partial charge in [0.25, 0.3) is 0 Å². The van der Waals surface area contributed by atoms with E-state index in [-0.39, 0.29) is 5.97 Å². The molecule has 0 fully saturated rings. The predicted octanol–water partition coefficient (Wildman–Crippen LogP) is 2.39. The van der Waals surface area contributed by atoms with Crippen molar-refractivity contribution >= 4 is 11.7 Å². The molecule has 86 valence electrons. The summed E-state index contributed by atoms with van der Waals surface area (Å²) in [7, 11) is 1.41. The molecule has 0 aliphatic heterocycles. The molecule has 0 radical (unpaired) electrons. The van der Waals surface area contributed by atoms with Crippen LogP contribution in [0.3, 0.4) is 0 Å². The summed E-state index contributed by atoms with van der Waals surface area (Å²) in [6, 6.07) is 8.01. The largest absolute Gasteiger partial charge is 0.469 e. The Morgan fingerprint density at radius 3 is 2.69 bits per heavy atom. The fourth-order valence-corrected chi connectivity index (χ4v) is 1.33. The first-order valence-electron chi connectivity index (χ1n) is 5.27. The number of ether oxygens (including phenoxy) is 1. The molecule has 1 aromatic carbocycles. The Morgan fingerprint density at radius 1 is 1.44 bits per heavy atom. The maximum absolute atomic E-state index is 10.9. The molecule has 0 aliphatic rings. The first-order chi connectivity index (χ1) is 7.76. The summed E-state index contributed by atoms with van der Waals surface area (Å²) in [4.78, 5) is 10.9. The number of benzene rings is 1. The van der Waals surface area contributed by atoms with Gasteiger partial charge in [0.2, 0.25) is 0 Å². The van der Waals surface area contributed by atoms with Crippen molar-refractivity contribution in [2.24, 2.45) is 0 Å². The smallest absolute Gasteiger partial charge is 0.305 e. The van der Waals surface area contributed by atoms with E-state index >= 15 is 0 Å². The summed E-state index contributed by atoms with van der Waals surface area (Å²) in [6.45, 7) is 4.39. The van der Waals surface area contributed by atoms with Gasteiger partial charge >= 0.3 is 5.97 Å². The van der Waals surface area contributed by atoms with E-state index in [0.29, 0.717) is 12.8 Å². The molecule has 16 heavy (non-hydrogen) atoms. The molecule has 0 bridgehead atoms. The fraction of sp³-hybridized carbons (Fsp3) is 0.308. The van der Waals surface area contributed by atoms with Crippen molar-refractivity contribution in [2.45, 2.75) is 12.8 Å². The van der Waals surface area contributed by atoms with E-state index in [9.17, 15) is 4.79 Å². The van der Waals surface area contributed by atoms with Gasteiger partial charge in [0.05, 0.1) is 7.11 Å². The maximum atomic E-state index is 10.9. The minimum Gasteiger partial charge on any atom is -0.469 e. The van der Waals surface area contributed by atoms with E-state index < -0.39 is 0 Å². The molecule has 0 unspecified atom stereocenters. The second-order valence-electron chi connectivity index (χ2n) is 3.44. The maximum Gasteiger partial charge on any atom is 0.305 e. The van der Waals surface area contributed by atoms with Crippen LogP contribution in [0.5, 0.6) is 0 Å². The van der Waals surface area contributed by atoms with Gasteiger partial charge in [-0.15, -0.1) is 6.58 Å². The lowest BCUT2D eigenvalue weighted by Gasteiger charge is -2.05. The van der Waals surface area contributed by atoms with Crippen molar-refractivity contribution in [2.75, 3.05) is 19.0 Å². The van der Waals surface area contributed by atoms with Crippen LogP contribution < -0.4 is 5.32 Å². The molecule has 3 heteroatoms. The molecule has 0 saturated heterocycles. The molecule has 1 aromatic rings. The number of methoxy groups -OCH3 is 1. The van der Waals surface area contributed by atoms with Crippen molar-refractivity contribution in [3.8, 4) is 0 Å². The van der Waals surface area contributed by atoms with Crippen LogP contribution in [0, 0.1) is 0 Å². The van der Waals surface area contributed by atoms with Crippen LogP contribution in [0.4, 0.5) is 5.69 Å². The van der Waals surface area contributed by atoms with Crippen LogP contribution in [-0.2, 0) is 16.0 Å². The molecular formula is C13H17NO2. The van der Waals surface area contributed by atoms with Gasteiger partial charge < -0.3 is 10.1 Å². The third kappa shape index (κ3) is 4.17. The molecule has 0 atom stereocenters. The van der Waals surface area contributed by atoms with Gasteiger partial charge in [0, 0.05) is 18.7 Å². The van der Waals surface area contributed by atoms with E-state index in [0.717, 1.165) is 17.8 Å². The van der Waals surface area contributed by atoms with E-state index in [1.54, 1.807) is 0 Å². The van der Waals surface area contributed by atoms with Gasteiger partial charge in [-0.3, -0.25) is 4.79 Å². The number of esters is 1. The van der Waals surface area contributed by atoms with Crippen molar-refractivity contribution in [3.63, 3.8) is 0 Å². The Kier molecular flexibility index (Phi) is 5.12. The Labute approximate surface area is 96.1 Å². The van der Waals surface area contributed by atoms with Crippen LogP contribution in [0.25, 0.3) is 0 Å². The number of rotatable bonds is 6. The molecule has 3 nitrogen and oxygen atoms in total. The molecular weight excluding hydrogens is 202 g/mol. The second-order valence-corrected chi connectivity index (χ2v) is 3.44. The van der Waals surface area contributed by atoms with Crippen LogP contribution in [0.15, 0.2) is 36.9 Å². The molecule has 0 saturated carbocycles. The van der Waals surface area contributed by atoms with Crippen LogP contribution >= 0.6 is 0 Å². The minimum atomic E-state index is -0.172. The number of nitrogens with one attached hydrogen (secondary N) is 1. The summed E-state index contributed by atoms with van der Waals surface area (Å²) >= 11 is 0. The summed E-state index contributed by atoms with van der Waals surface area (Å²) in [5, 5.41) is 3.19. The highest BCUT2D eigenvalue weighted by atomic mass is 16.5. The average molecular weight is 219 g/mol. The van der Waals surface area contributed by atoms with Crippen molar-refractivity contribution in [1.29, 1.82) is 0 Å². The van der Waals surface area contributed by atoms with Gasteiger partial charge in [0.15, 0.2) is 0 Å². The van der Waals surface area contributed by atoms with E-state index in [1.807, 2.05) is 30.3 Å². The predicted molar refractivity (Wildman–Crippen MR) is 65.5 cm³/mol.